The van der Waals surface area contributed by atoms with E-state index in [1.54, 1.807) is 0 Å². The van der Waals surface area contributed by atoms with Crippen molar-refractivity contribution in [2.24, 2.45) is 0 Å². The third-order valence-electron chi connectivity index (χ3n) is 4.18. The van der Waals surface area contributed by atoms with Crippen molar-refractivity contribution in [1.29, 1.82) is 0 Å². The van der Waals surface area contributed by atoms with Gasteiger partial charge in [0.15, 0.2) is 0 Å². The molecule has 0 unspecified atom stereocenters. The summed E-state index contributed by atoms with van der Waals surface area (Å²) in [4.78, 5) is 0. The average molecular weight is 252 g/mol. The standard InChI is InChI=1S/C18H21N/c1-4-7-17-15-11-10-13-8-5-6-9-14(13)16(15)12-18(2,3)19-17/h4-6,8-11,17,19H,1,7,12H2,2-3H3/p+1/t17-/m0/s1. The van der Waals surface area contributed by atoms with Crippen molar-refractivity contribution in [1.82, 2.24) is 0 Å². The Morgan fingerprint density at radius 1 is 1.26 bits per heavy atom. The van der Waals surface area contributed by atoms with E-state index in [1.165, 1.54) is 21.9 Å². The topological polar surface area (TPSA) is 16.6 Å². The van der Waals surface area contributed by atoms with Crippen LogP contribution in [0.2, 0.25) is 0 Å². The van der Waals surface area contributed by atoms with Gasteiger partial charge in [-0.1, -0.05) is 42.5 Å². The smallest absolute Gasteiger partial charge is 0.116 e. The number of quaternary nitrogens is 1. The molecule has 0 fully saturated rings. The molecule has 2 aromatic carbocycles. The van der Waals surface area contributed by atoms with Gasteiger partial charge in [-0.2, -0.15) is 0 Å². The Morgan fingerprint density at radius 3 is 2.84 bits per heavy atom. The Hall–Kier alpha value is -1.60. The fourth-order valence-electron chi connectivity index (χ4n) is 3.42. The third kappa shape index (κ3) is 2.19. The lowest BCUT2D eigenvalue weighted by Crippen LogP contribution is -2.97. The monoisotopic (exact) mass is 252 g/mol. The molecule has 0 radical (unpaired) electrons. The van der Waals surface area contributed by atoms with Crippen LogP contribution in [-0.4, -0.2) is 5.54 Å². The van der Waals surface area contributed by atoms with Gasteiger partial charge in [0, 0.05) is 18.4 Å². The Balaban J connectivity index is 2.22. The van der Waals surface area contributed by atoms with Crippen LogP contribution in [0.4, 0.5) is 0 Å². The first kappa shape index (κ1) is 12.4. The summed E-state index contributed by atoms with van der Waals surface area (Å²) < 4.78 is 0. The van der Waals surface area contributed by atoms with Crippen molar-refractivity contribution in [3.05, 3.63) is 60.2 Å². The maximum absolute atomic E-state index is 3.92. The number of fused-ring (bicyclic) bond motifs is 3. The Labute approximate surface area is 115 Å². The van der Waals surface area contributed by atoms with E-state index in [4.69, 9.17) is 0 Å². The zero-order valence-corrected chi connectivity index (χ0v) is 11.8. The zero-order valence-electron chi connectivity index (χ0n) is 11.8. The fourth-order valence-corrected chi connectivity index (χ4v) is 3.42. The average Bonchev–Trinajstić information content (AvgIpc) is 2.38. The van der Waals surface area contributed by atoms with Gasteiger partial charge in [0.05, 0.1) is 5.54 Å². The molecule has 0 saturated heterocycles. The van der Waals surface area contributed by atoms with Crippen LogP contribution in [0.3, 0.4) is 0 Å². The molecule has 1 heteroatoms. The molecule has 2 aromatic rings. The zero-order chi connectivity index (χ0) is 13.5. The molecule has 1 nitrogen and oxygen atoms in total. The van der Waals surface area contributed by atoms with Crippen LogP contribution in [0.1, 0.15) is 37.4 Å². The van der Waals surface area contributed by atoms with Gasteiger partial charge in [0.1, 0.15) is 6.04 Å². The van der Waals surface area contributed by atoms with Crippen LogP contribution in [0.15, 0.2) is 49.1 Å². The highest BCUT2D eigenvalue weighted by molar-refractivity contribution is 5.87. The van der Waals surface area contributed by atoms with Crippen molar-refractivity contribution in [3.8, 4) is 0 Å². The lowest BCUT2D eigenvalue weighted by Gasteiger charge is -2.35. The van der Waals surface area contributed by atoms with Crippen LogP contribution >= 0.6 is 0 Å². The van der Waals surface area contributed by atoms with E-state index in [0.29, 0.717) is 6.04 Å². The molecule has 1 aliphatic heterocycles. The molecule has 98 valence electrons. The third-order valence-corrected chi connectivity index (χ3v) is 4.18. The molecule has 0 amide bonds. The molecular weight excluding hydrogens is 230 g/mol. The summed E-state index contributed by atoms with van der Waals surface area (Å²) in [7, 11) is 0. The second-order valence-corrected chi connectivity index (χ2v) is 6.32. The predicted octanol–water partition coefficient (Wildman–Crippen LogP) is 3.36. The van der Waals surface area contributed by atoms with Gasteiger partial charge in [-0.25, -0.2) is 0 Å². The van der Waals surface area contributed by atoms with E-state index < -0.39 is 0 Å². The van der Waals surface area contributed by atoms with Crippen molar-refractivity contribution in [2.75, 3.05) is 0 Å². The molecule has 0 saturated carbocycles. The highest BCUT2D eigenvalue weighted by Crippen LogP contribution is 2.32. The maximum Gasteiger partial charge on any atom is 0.116 e. The first-order valence-electron chi connectivity index (χ1n) is 7.08. The van der Waals surface area contributed by atoms with Gasteiger partial charge >= 0.3 is 0 Å². The SMILES string of the molecule is C=CC[C@@H]1[NH2+]C(C)(C)Cc2c1ccc1ccccc21. The summed E-state index contributed by atoms with van der Waals surface area (Å²) >= 11 is 0. The molecule has 2 N–H and O–H groups in total. The number of rotatable bonds is 2. The summed E-state index contributed by atoms with van der Waals surface area (Å²) in [6.45, 7) is 8.60. The van der Waals surface area contributed by atoms with Gasteiger partial charge in [-0.15, -0.1) is 6.58 Å². The minimum Gasteiger partial charge on any atom is -0.335 e. The Kier molecular flexibility index (Phi) is 2.94. The number of nitrogens with two attached hydrogens (primary N) is 1. The predicted molar refractivity (Wildman–Crippen MR) is 81.2 cm³/mol. The largest absolute Gasteiger partial charge is 0.335 e. The van der Waals surface area contributed by atoms with E-state index in [0.717, 1.165) is 12.8 Å². The summed E-state index contributed by atoms with van der Waals surface area (Å²) in [5.41, 5.74) is 3.31. The summed E-state index contributed by atoms with van der Waals surface area (Å²) in [5, 5.41) is 5.29. The Morgan fingerprint density at radius 2 is 2.05 bits per heavy atom. The lowest BCUT2D eigenvalue weighted by atomic mass is 9.80. The van der Waals surface area contributed by atoms with Gasteiger partial charge in [-0.3, -0.25) is 0 Å². The number of hydrogen-bond donors (Lipinski definition) is 1. The lowest BCUT2D eigenvalue weighted by molar-refractivity contribution is -0.760. The molecule has 0 aromatic heterocycles. The van der Waals surface area contributed by atoms with Gasteiger partial charge in [0.25, 0.3) is 0 Å². The van der Waals surface area contributed by atoms with Gasteiger partial charge in [0.2, 0.25) is 0 Å². The van der Waals surface area contributed by atoms with E-state index in [2.05, 4.69) is 62.1 Å². The number of hydrogen-bond acceptors (Lipinski definition) is 0. The quantitative estimate of drug-likeness (QED) is 0.789. The van der Waals surface area contributed by atoms with Gasteiger partial charge in [-0.05, 0) is 30.2 Å². The fraction of sp³-hybridized carbons (Fsp3) is 0.333. The van der Waals surface area contributed by atoms with Crippen LogP contribution in [-0.2, 0) is 6.42 Å². The first-order chi connectivity index (χ1) is 9.11. The molecule has 19 heavy (non-hydrogen) atoms. The minimum absolute atomic E-state index is 0.269. The molecular formula is C18H22N+. The van der Waals surface area contributed by atoms with Crippen LogP contribution in [0.5, 0.6) is 0 Å². The second kappa shape index (κ2) is 4.50. The van der Waals surface area contributed by atoms with Crippen molar-refractivity contribution < 1.29 is 5.32 Å². The number of benzene rings is 2. The second-order valence-electron chi connectivity index (χ2n) is 6.32. The molecule has 1 aliphatic rings. The molecule has 0 bridgehead atoms. The van der Waals surface area contributed by atoms with Crippen LogP contribution < -0.4 is 5.32 Å². The van der Waals surface area contributed by atoms with Crippen molar-refractivity contribution >= 4 is 10.8 Å². The van der Waals surface area contributed by atoms with E-state index in [1.807, 2.05) is 6.08 Å². The highest BCUT2D eigenvalue weighted by atomic mass is 15.0. The molecule has 0 aliphatic carbocycles. The van der Waals surface area contributed by atoms with Gasteiger partial charge < -0.3 is 5.32 Å². The first-order valence-corrected chi connectivity index (χ1v) is 7.08. The molecule has 0 spiro atoms. The van der Waals surface area contributed by atoms with Crippen molar-refractivity contribution in [2.45, 2.75) is 38.3 Å². The van der Waals surface area contributed by atoms with E-state index in [9.17, 15) is 0 Å². The van der Waals surface area contributed by atoms with Crippen molar-refractivity contribution in [3.63, 3.8) is 0 Å². The normalized spacial score (nSPS) is 21.1. The summed E-state index contributed by atoms with van der Waals surface area (Å²) in [6.07, 6.45) is 4.22. The molecule has 1 atom stereocenters. The molecule has 1 heterocycles. The van der Waals surface area contributed by atoms with Crippen LogP contribution in [0, 0.1) is 0 Å². The van der Waals surface area contributed by atoms with E-state index in [-0.39, 0.29) is 5.54 Å². The molecule has 3 rings (SSSR count). The maximum atomic E-state index is 3.92. The highest BCUT2D eigenvalue weighted by Gasteiger charge is 2.35. The Bertz CT molecular complexity index is 625. The minimum atomic E-state index is 0.269. The van der Waals surface area contributed by atoms with Crippen LogP contribution in [0.25, 0.3) is 10.8 Å². The van der Waals surface area contributed by atoms with E-state index >= 15 is 0 Å². The summed E-state index contributed by atoms with van der Waals surface area (Å²) in [5.74, 6) is 0. The summed E-state index contributed by atoms with van der Waals surface area (Å²) in [6, 6.07) is 13.8.